The molecule has 0 aromatic heterocycles. The second kappa shape index (κ2) is 6.05. The van der Waals surface area contributed by atoms with Crippen LogP contribution in [0.15, 0.2) is 29.4 Å². The van der Waals surface area contributed by atoms with E-state index in [4.69, 9.17) is 5.14 Å². The normalized spacial score (nSPS) is 16.5. The van der Waals surface area contributed by atoms with Crippen molar-refractivity contribution in [3.63, 3.8) is 0 Å². The molecule has 3 N–H and O–H groups in total. The summed E-state index contributed by atoms with van der Waals surface area (Å²) in [5.74, 6) is -0.759. The van der Waals surface area contributed by atoms with Gasteiger partial charge in [-0.15, -0.1) is 0 Å². The number of hydrogen-bond donors (Lipinski definition) is 2. The quantitative estimate of drug-likeness (QED) is 0.863. The number of rotatable bonds is 5. The molecule has 23 heavy (non-hydrogen) atoms. The Bertz CT molecular complexity index is 768. The number of hydrogen-bond acceptors (Lipinski definition) is 3. The SMILES string of the molecule is C=C(F)C1(CC(=O)Nc2cc(C)c(S(N)(=O)=O)cc2C)CCC1. The highest BCUT2D eigenvalue weighted by Crippen LogP contribution is 2.49. The number of nitrogens with two attached hydrogens (primary N) is 1. The molecule has 0 aliphatic heterocycles. The predicted octanol–water partition coefficient (Wildman–Crippen LogP) is 2.93. The van der Waals surface area contributed by atoms with E-state index in [9.17, 15) is 17.6 Å². The topological polar surface area (TPSA) is 89.3 Å². The first-order chi connectivity index (χ1) is 10.5. The Morgan fingerprint density at radius 2 is 1.96 bits per heavy atom. The van der Waals surface area contributed by atoms with Crippen LogP contribution < -0.4 is 10.5 Å². The average molecular weight is 340 g/mol. The van der Waals surface area contributed by atoms with Crippen LogP contribution in [0.5, 0.6) is 0 Å². The van der Waals surface area contributed by atoms with E-state index < -0.39 is 21.3 Å². The van der Waals surface area contributed by atoms with Crippen molar-refractivity contribution in [2.45, 2.75) is 44.4 Å². The fraction of sp³-hybridized carbons (Fsp3) is 0.438. The third kappa shape index (κ3) is 3.61. The van der Waals surface area contributed by atoms with Gasteiger partial charge in [0.1, 0.15) is 0 Å². The summed E-state index contributed by atoms with van der Waals surface area (Å²) in [6.45, 7) is 6.63. The molecule has 0 radical (unpaired) electrons. The molecule has 1 amide bonds. The average Bonchev–Trinajstić information content (AvgIpc) is 2.36. The zero-order valence-corrected chi connectivity index (χ0v) is 14.1. The van der Waals surface area contributed by atoms with Crippen molar-refractivity contribution in [1.29, 1.82) is 0 Å². The molecule has 1 aliphatic rings. The van der Waals surface area contributed by atoms with E-state index in [0.29, 0.717) is 29.7 Å². The zero-order chi connectivity index (χ0) is 17.4. The van der Waals surface area contributed by atoms with E-state index in [0.717, 1.165) is 6.42 Å². The van der Waals surface area contributed by atoms with E-state index in [1.165, 1.54) is 6.07 Å². The Hall–Kier alpha value is -1.73. The molecule has 0 heterocycles. The standard InChI is InChI=1S/C16H21FN2O3S/c1-10-8-14(23(18,21)22)11(2)7-13(10)19-15(20)9-16(12(3)17)5-4-6-16/h7-8H,3-6,9H2,1-2H3,(H,19,20)(H2,18,21,22). The van der Waals surface area contributed by atoms with Gasteiger partial charge in [0.2, 0.25) is 15.9 Å². The first kappa shape index (κ1) is 17.6. The van der Waals surface area contributed by atoms with Crippen molar-refractivity contribution in [1.82, 2.24) is 0 Å². The molecule has 1 aromatic carbocycles. The van der Waals surface area contributed by atoms with Crippen molar-refractivity contribution in [2.24, 2.45) is 10.6 Å². The summed E-state index contributed by atoms with van der Waals surface area (Å²) in [4.78, 5) is 12.2. The lowest BCUT2D eigenvalue weighted by Gasteiger charge is -2.39. The van der Waals surface area contributed by atoms with Crippen molar-refractivity contribution in [2.75, 3.05) is 5.32 Å². The van der Waals surface area contributed by atoms with Gasteiger partial charge in [0.25, 0.3) is 0 Å². The number of sulfonamides is 1. The maximum absolute atomic E-state index is 13.6. The molecular formula is C16H21FN2O3S. The summed E-state index contributed by atoms with van der Waals surface area (Å²) in [6.07, 6.45) is 2.17. The van der Waals surface area contributed by atoms with Crippen LogP contribution in [0, 0.1) is 19.3 Å². The minimum Gasteiger partial charge on any atom is -0.326 e. The smallest absolute Gasteiger partial charge is 0.238 e. The van der Waals surface area contributed by atoms with Gasteiger partial charge in [-0.3, -0.25) is 4.79 Å². The van der Waals surface area contributed by atoms with Gasteiger partial charge in [-0.05, 0) is 49.9 Å². The number of nitrogens with one attached hydrogen (secondary N) is 1. The monoisotopic (exact) mass is 340 g/mol. The summed E-state index contributed by atoms with van der Waals surface area (Å²) in [7, 11) is -3.81. The van der Waals surface area contributed by atoms with Gasteiger partial charge < -0.3 is 5.32 Å². The van der Waals surface area contributed by atoms with Crippen LogP contribution in [0.1, 0.15) is 36.8 Å². The van der Waals surface area contributed by atoms with Crippen LogP contribution in [-0.4, -0.2) is 14.3 Å². The highest BCUT2D eigenvalue weighted by molar-refractivity contribution is 7.89. The Labute approximate surface area is 135 Å². The number of carbonyl (C=O) groups excluding carboxylic acids is 1. The maximum atomic E-state index is 13.6. The van der Waals surface area contributed by atoms with E-state index in [1.54, 1.807) is 19.9 Å². The molecule has 1 aromatic rings. The minimum absolute atomic E-state index is 0.0283. The molecule has 5 nitrogen and oxygen atoms in total. The number of allylic oxidation sites excluding steroid dienone is 1. The highest BCUT2D eigenvalue weighted by atomic mass is 32.2. The first-order valence-corrected chi connectivity index (χ1v) is 8.89. The molecule has 0 saturated heterocycles. The minimum atomic E-state index is -3.81. The lowest BCUT2D eigenvalue weighted by Crippen LogP contribution is -2.34. The second-order valence-electron chi connectivity index (χ2n) is 6.24. The molecule has 2 rings (SSSR count). The number of benzene rings is 1. The summed E-state index contributed by atoms with van der Waals surface area (Å²) >= 11 is 0. The molecule has 0 unspecified atom stereocenters. The molecule has 1 aliphatic carbocycles. The van der Waals surface area contributed by atoms with Crippen molar-refractivity contribution >= 4 is 21.6 Å². The maximum Gasteiger partial charge on any atom is 0.238 e. The van der Waals surface area contributed by atoms with Crippen LogP contribution in [0.3, 0.4) is 0 Å². The van der Waals surface area contributed by atoms with Gasteiger partial charge in [0.05, 0.1) is 10.7 Å². The molecule has 0 spiro atoms. The van der Waals surface area contributed by atoms with E-state index in [2.05, 4.69) is 11.9 Å². The van der Waals surface area contributed by atoms with E-state index >= 15 is 0 Å². The zero-order valence-electron chi connectivity index (χ0n) is 13.3. The van der Waals surface area contributed by atoms with E-state index in [1.807, 2.05) is 0 Å². The van der Waals surface area contributed by atoms with Gasteiger partial charge in [-0.25, -0.2) is 17.9 Å². The molecule has 0 atom stereocenters. The molecule has 7 heteroatoms. The fourth-order valence-electron chi connectivity index (χ4n) is 2.88. The van der Waals surface area contributed by atoms with E-state index in [-0.39, 0.29) is 17.2 Å². The molecule has 0 bridgehead atoms. The van der Waals surface area contributed by atoms with Crippen LogP contribution in [0.2, 0.25) is 0 Å². The van der Waals surface area contributed by atoms with Gasteiger partial charge >= 0.3 is 0 Å². The number of anilines is 1. The van der Waals surface area contributed by atoms with Gasteiger partial charge in [-0.2, -0.15) is 0 Å². The summed E-state index contributed by atoms with van der Waals surface area (Å²) in [5.41, 5.74) is 0.781. The van der Waals surface area contributed by atoms with Crippen LogP contribution in [-0.2, 0) is 14.8 Å². The molecule has 1 saturated carbocycles. The largest absolute Gasteiger partial charge is 0.326 e. The number of amides is 1. The predicted molar refractivity (Wildman–Crippen MR) is 87.1 cm³/mol. The third-order valence-corrected chi connectivity index (χ3v) is 5.54. The van der Waals surface area contributed by atoms with Crippen LogP contribution >= 0.6 is 0 Å². The Balaban J connectivity index is 2.19. The van der Waals surface area contributed by atoms with Gasteiger partial charge in [0, 0.05) is 17.5 Å². The summed E-state index contributed by atoms with van der Waals surface area (Å²) < 4.78 is 36.5. The van der Waals surface area contributed by atoms with Crippen molar-refractivity contribution in [3.8, 4) is 0 Å². The summed E-state index contributed by atoms with van der Waals surface area (Å²) in [5, 5.41) is 7.88. The third-order valence-electron chi connectivity index (χ3n) is 4.49. The number of halogens is 1. The number of carbonyl (C=O) groups is 1. The molecule has 1 fully saturated rings. The van der Waals surface area contributed by atoms with Gasteiger partial charge in [-0.1, -0.05) is 13.0 Å². The van der Waals surface area contributed by atoms with Crippen molar-refractivity contribution < 1.29 is 17.6 Å². The fourth-order valence-corrected chi connectivity index (χ4v) is 3.73. The number of aryl methyl sites for hydroxylation is 2. The second-order valence-corrected chi connectivity index (χ2v) is 7.77. The lowest BCUT2D eigenvalue weighted by molar-refractivity contribution is -0.119. The Kier molecular flexibility index (Phi) is 4.64. The highest BCUT2D eigenvalue weighted by Gasteiger charge is 2.42. The first-order valence-electron chi connectivity index (χ1n) is 7.34. The summed E-state index contributed by atoms with van der Waals surface area (Å²) in [6, 6.07) is 2.98. The number of primary sulfonamides is 1. The lowest BCUT2D eigenvalue weighted by atomic mass is 9.66. The molecule has 126 valence electrons. The van der Waals surface area contributed by atoms with Crippen LogP contribution in [0.4, 0.5) is 10.1 Å². The Morgan fingerprint density at radius 1 is 1.35 bits per heavy atom. The Morgan fingerprint density at radius 3 is 2.39 bits per heavy atom. The van der Waals surface area contributed by atoms with Crippen molar-refractivity contribution in [3.05, 3.63) is 35.7 Å². The van der Waals surface area contributed by atoms with Crippen LogP contribution in [0.25, 0.3) is 0 Å². The molecular weight excluding hydrogens is 319 g/mol. The van der Waals surface area contributed by atoms with Gasteiger partial charge in [0.15, 0.2) is 0 Å².